The molecule has 1 fully saturated rings. The van der Waals surface area contributed by atoms with Crippen LogP contribution in [0.25, 0.3) is 0 Å². The van der Waals surface area contributed by atoms with E-state index in [2.05, 4.69) is 22.1 Å². The Balaban J connectivity index is 1.48. The zero-order valence-electron chi connectivity index (χ0n) is 16.2. The second-order valence-electron chi connectivity index (χ2n) is 7.12. The number of aryl methyl sites for hydroxylation is 1. The maximum Gasteiger partial charge on any atom is 0.259 e. The number of aromatic nitrogens is 2. The Morgan fingerprint density at radius 1 is 0.966 bits per heavy atom. The highest BCUT2D eigenvalue weighted by Crippen LogP contribution is 2.25. The van der Waals surface area contributed by atoms with E-state index in [1.807, 2.05) is 54.3 Å². The number of carbonyl (C=O) groups is 1. The van der Waals surface area contributed by atoms with Crippen molar-refractivity contribution in [3.05, 3.63) is 81.6 Å². The minimum absolute atomic E-state index is 0.0642. The number of amides is 1. The molecule has 1 amide bonds. The summed E-state index contributed by atoms with van der Waals surface area (Å²) in [7, 11) is 0. The summed E-state index contributed by atoms with van der Waals surface area (Å²) in [6.45, 7) is 5.13. The first-order valence-corrected chi connectivity index (χ1v) is 10.4. The van der Waals surface area contributed by atoms with Gasteiger partial charge in [-0.3, -0.25) is 4.79 Å². The van der Waals surface area contributed by atoms with E-state index in [4.69, 9.17) is 23.2 Å². The van der Waals surface area contributed by atoms with Crippen molar-refractivity contribution >= 4 is 34.8 Å². The van der Waals surface area contributed by atoms with Crippen molar-refractivity contribution in [1.82, 2.24) is 14.7 Å². The molecular formula is C22H22Cl2N4O. The van der Waals surface area contributed by atoms with E-state index in [-0.39, 0.29) is 5.91 Å². The van der Waals surface area contributed by atoms with Crippen LogP contribution >= 0.6 is 23.2 Å². The van der Waals surface area contributed by atoms with Gasteiger partial charge in [-0.1, -0.05) is 59.6 Å². The SMILES string of the molecule is Cc1nn(Cc2ccccc2Cl)c(Cl)c1C(=O)N1CCN(c2ccccc2)CC1. The summed E-state index contributed by atoms with van der Waals surface area (Å²) in [5, 5.41) is 5.51. The Morgan fingerprint density at radius 3 is 2.31 bits per heavy atom. The van der Waals surface area contributed by atoms with Gasteiger partial charge in [-0.05, 0) is 30.7 Å². The summed E-state index contributed by atoms with van der Waals surface area (Å²) in [6.07, 6.45) is 0. The fourth-order valence-electron chi connectivity index (χ4n) is 3.65. The number of piperazine rings is 1. The summed E-state index contributed by atoms with van der Waals surface area (Å²) in [5.41, 5.74) is 3.21. The van der Waals surface area contributed by atoms with Crippen LogP contribution in [0, 0.1) is 6.92 Å². The number of para-hydroxylation sites is 1. The third kappa shape index (κ3) is 4.11. The van der Waals surface area contributed by atoms with Crippen LogP contribution in [0.2, 0.25) is 10.2 Å². The van der Waals surface area contributed by atoms with Crippen molar-refractivity contribution in [3.8, 4) is 0 Å². The van der Waals surface area contributed by atoms with Gasteiger partial charge in [0.05, 0.1) is 17.8 Å². The zero-order chi connectivity index (χ0) is 20.4. The van der Waals surface area contributed by atoms with Gasteiger partial charge < -0.3 is 9.80 Å². The average Bonchev–Trinajstić information content (AvgIpc) is 3.03. The molecule has 5 nitrogen and oxygen atoms in total. The fraction of sp³-hybridized carbons (Fsp3) is 0.273. The number of anilines is 1. The van der Waals surface area contributed by atoms with Crippen LogP contribution in [0.3, 0.4) is 0 Å². The molecule has 3 aromatic rings. The first-order valence-electron chi connectivity index (χ1n) is 9.60. The third-order valence-electron chi connectivity index (χ3n) is 5.25. The number of rotatable bonds is 4. The van der Waals surface area contributed by atoms with Crippen LogP contribution in [0.1, 0.15) is 21.6 Å². The summed E-state index contributed by atoms with van der Waals surface area (Å²) in [5.74, 6) is -0.0642. The highest BCUT2D eigenvalue weighted by atomic mass is 35.5. The summed E-state index contributed by atoms with van der Waals surface area (Å²) < 4.78 is 1.64. The van der Waals surface area contributed by atoms with Gasteiger partial charge in [0.1, 0.15) is 5.15 Å². The Labute approximate surface area is 180 Å². The lowest BCUT2D eigenvalue weighted by Crippen LogP contribution is -2.48. The standard InChI is InChI=1S/C22H22Cl2N4O/c1-16-20(21(24)28(25-16)15-17-7-5-6-10-19(17)23)22(29)27-13-11-26(12-14-27)18-8-3-2-4-9-18/h2-10H,11-15H2,1H3. The summed E-state index contributed by atoms with van der Waals surface area (Å²) >= 11 is 12.8. The van der Waals surface area contributed by atoms with Crippen LogP contribution in [-0.4, -0.2) is 46.8 Å². The maximum atomic E-state index is 13.2. The molecule has 2 aromatic carbocycles. The first kappa shape index (κ1) is 19.8. The zero-order valence-corrected chi connectivity index (χ0v) is 17.7. The molecule has 1 aliphatic rings. The first-order chi connectivity index (χ1) is 14.0. The molecule has 7 heteroatoms. The highest BCUT2D eigenvalue weighted by molar-refractivity contribution is 6.33. The quantitative estimate of drug-likeness (QED) is 0.613. The Kier molecular flexibility index (Phi) is 5.79. The van der Waals surface area contributed by atoms with Crippen molar-refractivity contribution in [3.63, 3.8) is 0 Å². The number of carbonyl (C=O) groups excluding carboxylic acids is 1. The van der Waals surface area contributed by atoms with Gasteiger partial charge in [-0.15, -0.1) is 0 Å². The molecule has 150 valence electrons. The van der Waals surface area contributed by atoms with Crippen LogP contribution in [0.15, 0.2) is 54.6 Å². The predicted octanol–water partition coefficient (Wildman–Crippen LogP) is 4.51. The van der Waals surface area contributed by atoms with Crippen molar-refractivity contribution in [1.29, 1.82) is 0 Å². The van der Waals surface area contributed by atoms with Gasteiger partial charge in [-0.25, -0.2) is 4.68 Å². The minimum atomic E-state index is -0.0642. The molecule has 0 bridgehead atoms. The largest absolute Gasteiger partial charge is 0.368 e. The molecule has 0 unspecified atom stereocenters. The average molecular weight is 429 g/mol. The van der Waals surface area contributed by atoms with E-state index in [1.165, 1.54) is 5.69 Å². The molecule has 1 aliphatic heterocycles. The van der Waals surface area contributed by atoms with Crippen LogP contribution in [0.5, 0.6) is 0 Å². The van der Waals surface area contributed by atoms with Gasteiger partial charge in [-0.2, -0.15) is 5.10 Å². The smallest absolute Gasteiger partial charge is 0.259 e. The Morgan fingerprint density at radius 2 is 1.62 bits per heavy atom. The molecule has 1 saturated heterocycles. The van der Waals surface area contributed by atoms with Crippen LogP contribution < -0.4 is 4.90 Å². The molecule has 0 atom stereocenters. The van der Waals surface area contributed by atoms with E-state index in [0.29, 0.717) is 41.1 Å². The second kappa shape index (κ2) is 8.47. The maximum absolute atomic E-state index is 13.2. The van der Waals surface area contributed by atoms with E-state index in [0.717, 1.165) is 18.7 Å². The molecule has 0 aliphatic carbocycles. The predicted molar refractivity (Wildman–Crippen MR) is 117 cm³/mol. The molecule has 1 aromatic heterocycles. The molecule has 2 heterocycles. The number of hydrogen-bond acceptors (Lipinski definition) is 3. The fourth-order valence-corrected chi connectivity index (χ4v) is 4.16. The van der Waals surface area contributed by atoms with E-state index in [1.54, 1.807) is 4.68 Å². The van der Waals surface area contributed by atoms with Gasteiger partial charge >= 0.3 is 0 Å². The van der Waals surface area contributed by atoms with Crippen LogP contribution in [0.4, 0.5) is 5.69 Å². The third-order valence-corrected chi connectivity index (χ3v) is 6.00. The second-order valence-corrected chi connectivity index (χ2v) is 7.88. The van der Waals surface area contributed by atoms with Crippen molar-refractivity contribution < 1.29 is 4.79 Å². The molecule has 4 rings (SSSR count). The normalized spacial score (nSPS) is 14.3. The Hall–Kier alpha value is -2.50. The van der Waals surface area contributed by atoms with Gasteiger partial charge in [0.2, 0.25) is 0 Å². The lowest BCUT2D eigenvalue weighted by atomic mass is 10.2. The highest BCUT2D eigenvalue weighted by Gasteiger charge is 2.28. The van der Waals surface area contributed by atoms with E-state index in [9.17, 15) is 4.79 Å². The van der Waals surface area contributed by atoms with Crippen LogP contribution in [-0.2, 0) is 6.54 Å². The van der Waals surface area contributed by atoms with Crippen molar-refractivity contribution in [2.45, 2.75) is 13.5 Å². The number of benzene rings is 2. The number of halogens is 2. The lowest BCUT2D eigenvalue weighted by molar-refractivity contribution is 0.0746. The van der Waals surface area contributed by atoms with E-state index >= 15 is 0 Å². The number of nitrogens with zero attached hydrogens (tertiary/aromatic N) is 4. The van der Waals surface area contributed by atoms with Gasteiger partial charge in [0.15, 0.2) is 0 Å². The molecular weight excluding hydrogens is 407 g/mol. The topological polar surface area (TPSA) is 41.4 Å². The van der Waals surface area contributed by atoms with Crippen molar-refractivity contribution in [2.75, 3.05) is 31.1 Å². The molecule has 0 N–H and O–H groups in total. The summed E-state index contributed by atoms with van der Waals surface area (Å²) in [4.78, 5) is 17.3. The molecule has 29 heavy (non-hydrogen) atoms. The molecule has 0 radical (unpaired) electrons. The van der Waals surface area contributed by atoms with Gasteiger partial charge in [0, 0.05) is 36.9 Å². The number of hydrogen-bond donors (Lipinski definition) is 0. The van der Waals surface area contributed by atoms with Gasteiger partial charge in [0.25, 0.3) is 5.91 Å². The monoisotopic (exact) mass is 428 g/mol. The van der Waals surface area contributed by atoms with E-state index < -0.39 is 0 Å². The molecule has 0 saturated carbocycles. The van der Waals surface area contributed by atoms with Crippen molar-refractivity contribution in [2.24, 2.45) is 0 Å². The molecule has 0 spiro atoms. The summed E-state index contributed by atoms with van der Waals surface area (Å²) in [6, 6.07) is 17.8. The minimum Gasteiger partial charge on any atom is -0.368 e. The lowest BCUT2D eigenvalue weighted by Gasteiger charge is -2.36. The Bertz CT molecular complexity index is 1010.